The highest BCUT2D eigenvalue weighted by Gasteiger charge is 2.19. The molecule has 0 saturated heterocycles. The van der Waals surface area contributed by atoms with E-state index < -0.39 is 12.0 Å². The van der Waals surface area contributed by atoms with Crippen LogP contribution in [0.1, 0.15) is 200 Å². The summed E-state index contributed by atoms with van der Waals surface area (Å²) in [7, 11) is 0. The van der Waals surface area contributed by atoms with Crippen LogP contribution in [0.3, 0.4) is 0 Å². The molecule has 7 heteroatoms. The van der Waals surface area contributed by atoms with E-state index in [1.54, 1.807) is 0 Å². The van der Waals surface area contributed by atoms with Crippen LogP contribution in [0.15, 0.2) is 0 Å². The van der Waals surface area contributed by atoms with Crippen LogP contribution >= 0.6 is 0 Å². The smallest absolute Gasteiger partial charge is 0.326 e. The van der Waals surface area contributed by atoms with Gasteiger partial charge in [0.15, 0.2) is 0 Å². The highest BCUT2D eigenvalue weighted by atomic mass is 16.5. The first kappa shape index (κ1) is 42.4. The van der Waals surface area contributed by atoms with Crippen LogP contribution in [-0.4, -0.2) is 41.6 Å². The first-order chi connectivity index (χ1) is 21.4. The van der Waals surface area contributed by atoms with Gasteiger partial charge in [0.25, 0.3) is 0 Å². The van der Waals surface area contributed by atoms with Crippen molar-refractivity contribution in [2.45, 2.75) is 212 Å². The van der Waals surface area contributed by atoms with Crippen LogP contribution in [0, 0.1) is 0 Å². The van der Waals surface area contributed by atoms with Crippen molar-refractivity contribution in [3.63, 3.8) is 0 Å². The lowest BCUT2D eigenvalue weighted by Gasteiger charge is -2.17. The molecule has 0 aliphatic heterocycles. The summed E-state index contributed by atoms with van der Waals surface area (Å²) in [6, 6.07) is -0.867. The van der Waals surface area contributed by atoms with Crippen molar-refractivity contribution in [2.75, 3.05) is 6.54 Å². The van der Waals surface area contributed by atoms with Gasteiger partial charge in [0.1, 0.15) is 12.1 Å². The van der Waals surface area contributed by atoms with Gasteiger partial charge in [0, 0.05) is 12.8 Å². The fourth-order valence-electron chi connectivity index (χ4n) is 5.86. The average Bonchev–Trinajstić information content (AvgIpc) is 3.00. The van der Waals surface area contributed by atoms with Gasteiger partial charge in [-0.15, -0.1) is 0 Å². The van der Waals surface area contributed by atoms with Crippen molar-refractivity contribution in [3.8, 4) is 0 Å². The third-order valence-electron chi connectivity index (χ3n) is 8.65. The molecule has 0 rings (SSSR count). The Morgan fingerprint density at radius 2 is 1.02 bits per heavy atom. The van der Waals surface area contributed by atoms with Crippen LogP contribution < -0.4 is 11.1 Å². The Hall–Kier alpha value is -1.63. The van der Waals surface area contributed by atoms with Gasteiger partial charge in [0.2, 0.25) is 5.91 Å². The molecule has 0 aliphatic carbocycles. The molecule has 0 radical (unpaired) electrons. The van der Waals surface area contributed by atoms with E-state index in [-0.39, 0.29) is 18.0 Å². The molecular weight excluding hydrogens is 552 g/mol. The maximum absolute atomic E-state index is 12.4. The molecular formula is C37H72N2O5. The van der Waals surface area contributed by atoms with Gasteiger partial charge < -0.3 is 20.9 Å². The number of nitrogens with two attached hydrogens (primary N) is 1. The molecule has 0 fully saturated rings. The van der Waals surface area contributed by atoms with Crippen molar-refractivity contribution < 1.29 is 24.2 Å². The zero-order valence-corrected chi connectivity index (χ0v) is 29.0. The van der Waals surface area contributed by atoms with E-state index in [1.165, 1.54) is 109 Å². The maximum atomic E-state index is 12.4. The lowest BCUT2D eigenvalue weighted by Crippen LogP contribution is -2.40. The van der Waals surface area contributed by atoms with Gasteiger partial charge in [-0.25, -0.2) is 4.79 Å². The number of esters is 1. The standard InChI is InChI=1S/C37H72N2O5/c1-3-5-6-7-8-9-10-11-12-13-14-15-16-17-18-19-20-21-25-31-36(41)44-33(27-4-2)28-23-22-24-30-35(40)39-34(37(42)43)29-26-32-38/h33-34H,3-32,38H2,1-2H3,(H,39,40)(H,42,43). The number of hydrogen-bond acceptors (Lipinski definition) is 5. The Kier molecular flexibility index (Phi) is 31.5. The highest BCUT2D eigenvalue weighted by Crippen LogP contribution is 2.17. The van der Waals surface area contributed by atoms with Gasteiger partial charge in [-0.2, -0.15) is 0 Å². The van der Waals surface area contributed by atoms with Gasteiger partial charge in [-0.1, -0.05) is 142 Å². The summed E-state index contributed by atoms with van der Waals surface area (Å²) in [6.45, 7) is 4.79. The second-order valence-electron chi connectivity index (χ2n) is 13.0. The molecule has 2 atom stereocenters. The molecule has 260 valence electrons. The summed E-state index contributed by atoms with van der Waals surface area (Å²) in [5.41, 5.74) is 5.44. The fourth-order valence-corrected chi connectivity index (χ4v) is 5.86. The molecule has 0 spiro atoms. The lowest BCUT2D eigenvalue weighted by atomic mass is 10.0. The van der Waals surface area contributed by atoms with Gasteiger partial charge in [-0.3, -0.25) is 9.59 Å². The molecule has 0 saturated carbocycles. The number of aliphatic carboxylic acids is 1. The minimum Gasteiger partial charge on any atom is -0.480 e. The minimum atomic E-state index is -1.02. The normalized spacial score (nSPS) is 12.6. The molecule has 4 N–H and O–H groups in total. The zero-order chi connectivity index (χ0) is 32.5. The highest BCUT2D eigenvalue weighted by molar-refractivity contribution is 5.83. The van der Waals surface area contributed by atoms with Crippen LogP contribution in [-0.2, 0) is 19.1 Å². The van der Waals surface area contributed by atoms with Gasteiger partial charge >= 0.3 is 11.9 Å². The van der Waals surface area contributed by atoms with E-state index in [2.05, 4.69) is 19.2 Å². The van der Waals surface area contributed by atoms with E-state index in [9.17, 15) is 19.5 Å². The van der Waals surface area contributed by atoms with E-state index in [0.29, 0.717) is 38.6 Å². The molecule has 0 aromatic carbocycles. The largest absolute Gasteiger partial charge is 0.480 e. The van der Waals surface area contributed by atoms with Crippen LogP contribution in [0.25, 0.3) is 0 Å². The molecule has 0 heterocycles. The number of unbranched alkanes of at least 4 members (excludes halogenated alkanes) is 20. The molecule has 44 heavy (non-hydrogen) atoms. The first-order valence-corrected chi connectivity index (χ1v) is 18.9. The molecule has 0 aromatic rings. The summed E-state index contributed by atoms with van der Waals surface area (Å²) in [6.07, 6.45) is 32.3. The summed E-state index contributed by atoms with van der Waals surface area (Å²) >= 11 is 0. The summed E-state index contributed by atoms with van der Waals surface area (Å²) in [5, 5.41) is 11.8. The first-order valence-electron chi connectivity index (χ1n) is 18.9. The van der Waals surface area contributed by atoms with Crippen LogP contribution in [0.2, 0.25) is 0 Å². The number of rotatable bonds is 34. The molecule has 0 bridgehead atoms. The number of carboxylic acids is 1. The van der Waals surface area contributed by atoms with Gasteiger partial charge in [0.05, 0.1) is 0 Å². The second kappa shape index (κ2) is 32.8. The maximum Gasteiger partial charge on any atom is 0.326 e. The molecule has 0 aromatic heterocycles. The van der Waals surface area contributed by atoms with Crippen molar-refractivity contribution in [1.82, 2.24) is 5.32 Å². The second-order valence-corrected chi connectivity index (χ2v) is 13.0. The van der Waals surface area contributed by atoms with E-state index in [4.69, 9.17) is 10.5 Å². The molecule has 7 nitrogen and oxygen atoms in total. The number of carbonyl (C=O) groups is 3. The molecule has 0 aliphatic rings. The van der Waals surface area contributed by atoms with E-state index >= 15 is 0 Å². The van der Waals surface area contributed by atoms with Crippen LogP contribution in [0.5, 0.6) is 0 Å². The molecule has 1 amide bonds. The van der Waals surface area contributed by atoms with Crippen LogP contribution in [0.4, 0.5) is 0 Å². The van der Waals surface area contributed by atoms with Gasteiger partial charge in [-0.05, 0) is 51.5 Å². The number of carbonyl (C=O) groups excluding carboxylic acids is 2. The Balaban J connectivity index is 3.68. The Morgan fingerprint density at radius 3 is 1.48 bits per heavy atom. The van der Waals surface area contributed by atoms with E-state index in [0.717, 1.165) is 44.9 Å². The predicted molar refractivity (Wildman–Crippen MR) is 184 cm³/mol. The van der Waals surface area contributed by atoms with Crippen molar-refractivity contribution in [3.05, 3.63) is 0 Å². The fraction of sp³-hybridized carbons (Fsp3) is 0.919. The SMILES string of the molecule is CCCCCCCCCCCCCCCCCCCCCC(=O)OC(CCC)CCCCCC(=O)NC(CCCN)C(=O)O. The summed E-state index contributed by atoms with van der Waals surface area (Å²) < 4.78 is 5.78. The number of nitrogens with one attached hydrogen (secondary N) is 1. The number of carboxylic acid groups (broad SMARTS) is 1. The third kappa shape index (κ3) is 29.1. The topological polar surface area (TPSA) is 119 Å². The zero-order valence-electron chi connectivity index (χ0n) is 29.0. The Bertz CT molecular complexity index is 672. The summed E-state index contributed by atoms with van der Waals surface area (Å²) in [4.78, 5) is 35.8. The summed E-state index contributed by atoms with van der Waals surface area (Å²) in [5.74, 6) is -1.33. The van der Waals surface area contributed by atoms with Crippen molar-refractivity contribution in [2.24, 2.45) is 5.73 Å². The van der Waals surface area contributed by atoms with E-state index in [1.807, 2.05) is 0 Å². The predicted octanol–water partition coefficient (Wildman–Crippen LogP) is 9.78. The Labute approximate surface area is 271 Å². The quantitative estimate of drug-likeness (QED) is 0.0484. The average molecular weight is 625 g/mol. The number of ether oxygens (including phenoxy) is 1. The van der Waals surface area contributed by atoms with Crippen molar-refractivity contribution >= 4 is 17.8 Å². The third-order valence-corrected chi connectivity index (χ3v) is 8.65. The Morgan fingerprint density at radius 1 is 0.568 bits per heavy atom. The lowest BCUT2D eigenvalue weighted by molar-refractivity contribution is -0.150. The van der Waals surface area contributed by atoms with Crippen molar-refractivity contribution in [1.29, 1.82) is 0 Å². The number of hydrogen-bond donors (Lipinski definition) is 3. The monoisotopic (exact) mass is 625 g/mol. The minimum absolute atomic E-state index is 0.0469. The molecule has 2 unspecified atom stereocenters. The number of amides is 1.